The number of nitrogens with zero attached hydrogens (tertiary/aromatic N) is 3. The highest BCUT2D eigenvalue weighted by Gasteiger charge is 2.44. The largest absolute Gasteiger partial charge is 0.477 e. The Bertz CT molecular complexity index is 1450. The zero-order valence-corrected chi connectivity index (χ0v) is 23.5. The second-order valence-corrected chi connectivity index (χ2v) is 13.0. The van der Waals surface area contributed by atoms with Crippen LogP contribution in [0, 0.1) is 5.92 Å². The average molecular weight is 585 g/mol. The van der Waals surface area contributed by atoms with Crippen LogP contribution < -0.4 is 10.2 Å². The van der Waals surface area contributed by atoms with Gasteiger partial charge in [0.1, 0.15) is 15.6 Å². The first-order valence-electron chi connectivity index (χ1n) is 13.3. The lowest BCUT2D eigenvalue weighted by Crippen LogP contribution is -2.60. The average Bonchev–Trinajstić information content (AvgIpc) is 3.42. The fourth-order valence-corrected chi connectivity index (χ4v) is 7.92. The Hall–Kier alpha value is -3.32. The summed E-state index contributed by atoms with van der Waals surface area (Å²) in [5, 5.41) is 22.0. The number of aromatic carboxylic acids is 1. The summed E-state index contributed by atoms with van der Waals surface area (Å²) in [6.07, 6.45) is 5.97. The highest BCUT2D eigenvalue weighted by Crippen LogP contribution is 2.42. The molecule has 3 heterocycles. The van der Waals surface area contributed by atoms with Crippen LogP contribution in [0.25, 0.3) is 10.4 Å². The van der Waals surface area contributed by atoms with E-state index in [1.165, 1.54) is 22.6 Å². The van der Waals surface area contributed by atoms with E-state index in [-0.39, 0.29) is 35.4 Å². The molecule has 0 radical (unpaired) electrons. The fraction of sp³-hybridized carbons (Fsp3) is 0.393. The zero-order chi connectivity index (χ0) is 28.3. The van der Waals surface area contributed by atoms with E-state index in [1.807, 2.05) is 30.3 Å². The Kier molecular flexibility index (Phi) is 8.50. The van der Waals surface area contributed by atoms with Crippen LogP contribution >= 0.6 is 11.3 Å². The van der Waals surface area contributed by atoms with Gasteiger partial charge in [0.05, 0.1) is 24.9 Å². The van der Waals surface area contributed by atoms with Gasteiger partial charge in [-0.15, -0.1) is 11.3 Å². The van der Waals surface area contributed by atoms with Gasteiger partial charge >= 0.3 is 5.97 Å². The standard InChI is InChI=1S/C28H32N4O6S2/c33-14-13-29-25-12-11-21(16-30-25)40(37,38)31-17-23(19-7-3-1-4-8-19)32(26(34)18-31)22-15-24(39-27(22)28(35)36)20-9-5-2-6-10-20/h2,5-6,9-12,15-16,19,23,33H,1,3-4,7-8,13-14,17-18H2,(H,29,30)(H,35,36). The number of anilines is 2. The SMILES string of the molecule is O=C(O)c1sc(-c2ccccc2)cc1N1C(=O)CN(S(=O)(=O)c2ccc(NCCO)nc2)CC1C1CCCCC1. The molecule has 2 fully saturated rings. The third-order valence-corrected chi connectivity index (χ3v) is 10.5. The number of hydrogen-bond acceptors (Lipinski definition) is 8. The van der Waals surface area contributed by atoms with E-state index < -0.39 is 34.5 Å². The number of aliphatic hydroxyl groups excluding tert-OH is 1. The number of carboxylic acid groups (broad SMARTS) is 1. The molecule has 1 unspecified atom stereocenters. The Balaban J connectivity index is 1.50. The molecule has 3 aromatic rings. The molecule has 0 bridgehead atoms. The molecular weight excluding hydrogens is 552 g/mol. The van der Waals surface area contributed by atoms with Crippen LogP contribution in [0.15, 0.2) is 59.6 Å². The van der Waals surface area contributed by atoms with Gasteiger partial charge in [-0.2, -0.15) is 4.31 Å². The lowest BCUT2D eigenvalue weighted by molar-refractivity contribution is -0.121. The van der Waals surface area contributed by atoms with Crippen molar-refractivity contribution in [3.63, 3.8) is 0 Å². The van der Waals surface area contributed by atoms with Crippen LogP contribution in [-0.4, -0.2) is 72.1 Å². The molecule has 1 aromatic carbocycles. The summed E-state index contributed by atoms with van der Waals surface area (Å²) in [5.41, 5.74) is 1.18. The van der Waals surface area contributed by atoms with Gasteiger partial charge in [-0.3, -0.25) is 4.79 Å². The molecule has 1 amide bonds. The molecule has 12 heteroatoms. The highest BCUT2D eigenvalue weighted by molar-refractivity contribution is 7.89. The molecule has 40 heavy (non-hydrogen) atoms. The summed E-state index contributed by atoms with van der Waals surface area (Å²) in [7, 11) is -4.04. The number of amides is 1. The van der Waals surface area contributed by atoms with Crippen molar-refractivity contribution in [2.75, 3.05) is 36.5 Å². The van der Waals surface area contributed by atoms with Crippen molar-refractivity contribution in [1.82, 2.24) is 9.29 Å². The second-order valence-electron chi connectivity index (χ2n) is 10.1. The zero-order valence-electron chi connectivity index (χ0n) is 21.9. The minimum atomic E-state index is -4.04. The van der Waals surface area contributed by atoms with Gasteiger partial charge in [0.25, 0.3) is 0 Å². The molecule has 5 rings (SSSR count). The minimum absolute atomic E-state index is 0.0289. The van der Waals surface area contributed by atoms with E-state index in [4.69, 9.17) is 5.11 Å². The summed E-state index contributed by atoms with van der Waals surface area (Å²) in [4.78, 5) is 32.6. The van der Waals surface area contributed by atoms with Crippen molar-refractivity contribution in [3.05, 3.63) is 59.6 Å². The third kappa shape index (κ3) is 5.75. The first kappa shape index (κ1) is 28.2. The van der Waals surface area contributed by atoms with Gasteiger partial charge in [0, 0.05) is 24.2 Å². The van der Waals surface area contributed by atoms with Gasteiger partial charge < -0.3 is 20.4 Å². The molecule has 212 valence electrons. The topological polar surface area (TPSA) is 140 Å². The maximum absolute atomic E-state index is 13.8. The highest BCUT2D eigenvalue weighted by atomic mass is 32.2. The van der Waals surface area contributed by atoms with Crippen LogP contribution in [0.3, 0.4) is 0 Å². The summed E-state index contributed by atoms with van der Waals surface area (Å²) in [6.45, 7) is -0.132. The Morgan fingerprint density at radius 1 is 1.10 bits per heavy atom. The van der Waals surface area contributed by atoms with E-state index in [2.05, 4.69) is 10.3 Å². The van der Waals surface area contributed by atoms with Crippen molar-refractivity contribution >= 4 is 44.7 Å². The number of sulfonamides is 1. The molecule has 1 saturated carbocycles. The van der Waals surface area contributed by atoms with Crippen molar-refractivity contribution < 1.29 is 28.2 Å². The molecule has 1 aliphatic heterocycles. The minimum Gasteiger partial charge on any atom is -0.477 e. The summed E-state index contributed by atoms with van der Waals surface area (Å²) < 4.78 is 28.5. The van der Waals surface area contributed by atoms with Crippen LogP contribution in [-0.2, 0) is 14.8 Å². The van der Waals surface area contributed by atoms with Gasteiger partial charge in [-0.05, 0) is 42.5 Å². The number of aliphatic hydroxyl groups is 1. The number of hydrogen-bond donors (Lipinski definition) is 3. The van der Waals surface area contributed by atoms with Crippen LogP contribution in [0.4, 0.5) is 11.5 Å². The van der Waals surface area contributed by atoms with E-state index in [9.17, 15) is 23.1 Å². The fourth-order valence-electron chi connectivity index (χ4n) is 5.57. The lowest BCUT2D eigenvalue weighted by Gasteiger charge is -2.44. The normalized spacial score (nSPS) is 19.1. The number of rotatable bonds is 9. The van der Waals surface area contributed by atoms with E-state index in [0.717, 1.165) is 53.9 Å². The molecule has 2 aromatic heterocycles. The smallest absolute Gasteiger partial charge is 0.348 e. The predicted octanol–water partition coefficient (Wildman–Crippen LogP) is 3.90. The third-order valence-electron chi connectivity index (χ3n) is 7.51. The Morgan fingerprint density at radius 3 is 2.50 bits per heavy atom. The number of carbonyl (C=O) groups excluding carboxylic acids is 1. The summed E-state index contributed by atoms with van der Waals surface area (Å²) in [5.74, 6) is -1.09. The van der Waals surface area contributed by atoms with Gasteiger partial charge in [0.15, 0.2) is 0 Å². The van der Waals surface area contributed by atoms with Gasteiger partial charge in [-0.25, -0.2) is 18.2 Å². The maximum Gasteiger partial charge on any atom is 0.348 e. The molecule has 10 nitrogen and oxygen atoms in total. The van der Waals surface area contributed by atoms with Gasteiger partial charge in [0.2, 0.25) is 15.9 Å². The summed E-state index contributed by atoms with van der Waals surface area (Å²) in [6, 6.07) is 13.6. The number of benzene rings is 1. The van der Waals surface area contributed by atoms with Crippen LogP contribution in [0.5, 0.6) is 0 Å². The summed E-state index contributed by atoms with van der Waals surface area (Å²) >= 11 is 1.12. The lowest BCUT2D eigenvalue weighted by atomic mass is 9.82. The van der Waals surface area contributed by atoms with Gasteiger partial charge in [-0.1, -0.05) is 49.6 Å². The second kappa shape index (κ2) is 12.0. The molecule has 1 aliphatic carbocycles. The number of pyridine rings is 1. The molecule has 2 aliphatic rings. The molecule has 3 N–H and O–H groups in total. The van der Waals surface area contributed by atoms with Crippen LogP contribution in [0.1, 0.15) is 41.8 Å². The number of piperazine rings is 1. The Morgan fingerprint density at radius 2 is 1.85 bits per heavy atom. The number of carbonyl (C=O) groups is 2. The Labute approximate surface area is 237 Å². The van der Waals surface area contributed by atoms with Crippen molar-refractivity contribution in [3.8, 4) is 10.4 Å². The predicted molar refractivity (Wildman–Crippen MR) is 153 cm³/mol. The molecular formula is C28H32N4O6S2. The van der Waals surface area contributed by atoms with E-state index in [0.29, 0.717) is 11.5 Å². The quantitative estimate of drug-likeness (QED) is 0.344. The first-order valence-corrected chi connectivity index (χ1v) is 15.6. The van der Waals surface area contributed by atoms with Crippen molar-refractivity contribution in [2.45, 2.75) is 43.0 Å². The number of thiophene rings is 1. The number of carboxylic acids is 1. The van der Waals surface area contributed by atoms with Crippen LogP contribution in [0.2, 0.25) is 0 Å². The van der Waals surface area contributed by atoms with E-state index >= 15 is 0 Å². The molecule has 0 spiro atoms. The van der Waals surface area contributed by atoms with E-state index in [1.54, 1.807) is 11.0 Å². The van der Waals surface area contributed by atoms with Crippen molar-refractivity contribution in [1.29, 1.82) is 0 Å². The monoisotopic (exact) mass is 584 g/mol. The van der Waals surface area contributed by atoms with Crippen molar-refractivity contribution in [2.24, 2.45) is 5.92 Å². The molecule has 1 atom stereocenters. The molecule has 1 saturated heterocycles. The maximum atomic E-state index is 13.8. The first-order chi connectivity index (χ1) is 19.3. The number of aromatic nitrogens is 1. The number of nitrogens with one attached hydrogen (secondary N) is 1.